The third kappa shape index (κ3) is 4.86. The molecule has 0 spiro atoms. The van der Waals surface area contributed by atoms with Crippen LogP contribution in [0.3, 0.4) is 0 Å². The van der Waals surface area contributed by atoms with E-state index in [1.165, 1.54) is 0 Å². The predicted molar refractivity (Wildman–Crippen MR) is 98.7 cm³/mol. The molecule has 1 aromatic heterocycles. The Morgan fingerprint density at radius 2 is 1.73 bits per heavy atom. The van der Waals surface area contributed by atoms with Gasteiger partial charge in [-0.05, 0) is 34.1 Å². The second-order valence-electron chi connectivity index (χ2n) is 5.50. The molecule has 0 aliphatic carbocycles. The Morgan fingerprint density at radius 3 is 2.42 bits per heavy atom. The van der Waals surface area contributed by atoms with E-state index in [9.17, 15) is 14.4 Å². The van der Waals surface area contributed by atoms with Crippen LogP contribution in [0.5, 0.6) is 0 Å². The maximum Gasteiger partial charge on any atom is 0.337 e. The van der Waals surface area contributed by atoms with Gasteiger partial charge in [0.2, 0.25) is 0 Å². The fraction of sp³-hybridized carbons (Fsp3) is 0.222. The van der Waals surface area contributed by atoms with Gasteiger partial charge in [-0.1, -0.05) is 41.1 Å². The fourth-order valence-corrected chi connectivity index (χ4v) is 4.41. The Labute approximate surface area is 158 Å². The molecule has 0 radical (unpaired) electrons. The van der Waals surface area contributed by atoms with Gasteiger partial charge in [-0.2, -0.15) is 0 Å². The summed E-state index contributed by atoms with van der Waals surface area (Å²) in [5.74, 6) is -0.881. The molecular weight excluding hydrogens is 372 g/mol. The molecular formula is C18H16N2O4S2. The van der Waals surface area contributed by atoms with Gasteiger partial charge in [0.05, 0.1) is 6.42 Å². The van der Waals surface area contributed by atoms with Gasteiger partial charge in [0.15, 0.2) is 0 Å². The normalized spacial score (nSPS) is 13.9. The van der Waals surface area contributed by atoms with Crippen molar-refractivity contribution < 1.29 is 19.2 Å². The highest BCUT2D eigenvalue weighted by atomic mass is 33.1. The van der Waals surface area contributed by atoms with Crippen molar-refractivity contribution >= 4 is 39.4 Å². The molecule has 1 aromatic carbocycles. The minimum absolute atomic E-state index is 0.00203. The van der Waals surface area contributed by atoms with E-state index >= 15 is 0 Å². The molecule has 1 saturated heterocycles. The highest BCUT2D eigenvalue weighted by Gasteiger charge is 2.32. The first-order valence-electron chi connectivity index (χ1n) is 7.97. The van der Waals surface area contributed by atoms with Crippen LogP contribution < -0.4 is 0 Å². The Morgan fingerprint density at radius 1 is 1.04 bits per heavy atom. The number of hydroxylamine groups is 2. The molecule has 0 saturated carbocycles. The van der Waals surface area contributed by atoms with E-state index in [-0.39, 0.29) is 19.3 Å². The van der Waals surface area contributed by atoms with Crippen molar-refractivity contribution in [3.05, 3.63) is 59.8 Å². The largest absolute Gasteiger partial charge is 0.337 e. The fourth-order valence-electron chi connectivity index (χ4n) is 2.37. The van der Waals surface area contributed by atoms with Crippen LogP contribution in [-0.2, 0) is 31.4 Å². The smallest absolute Gasteiger partial charge is 0.330 e. The van der Waals surface area contributed by atoms with E-state index in [1.807, 2.05) is 42.5 Å². The quantitative estimate of drug-likeness (QED) is 0.532. The number of carbonyl (C=O) groups is 3. The SMILES string of the molecule is O=C(Cc1ccccc1CSSc1ccccn1)ON1C(=O)CCC1=O. The van der Waals surface area contributed by atoms with Crippen LogP contribution in [0.1, 0.15) is 24.0 Å². The number of amides is 2. The number of carbonyl (C=O) groups excluding carboxylic acids is 3. The van der Waals surface area contributed by atoms with E-state index in [0.717, 1.165) is 16.2 Å². The maximum atomic E-state index is 12.1. The van der Waals surface area contributed by atoms with Crippen LogP contribution in [0, 0.1) is 0 Å². The molecule has 6 nitrogen and oxygen atoms in total. The van der Waals surface area contributed by atoms with Gasteiger partial charge < -0.3 is 4.84 Å². The van der Waals surface area contributed by atoms with Gasteiger partial charge in [0.1, 0.15) is 5.03 Å². The molecule has 1 aliphatic rings. The van der Waals surface area contributed by atoms with Crippen LogP contribution in [0.15, 0.2) is 53.7 Å². The van der Waals surface area contributed by atoms with E-state index in [0.29, 0.717) is 10.8 Å². The molecule has 0 N–H and O–H groups in total. The number of pyridine rings is 1. The number of nitrogens with zero attached hydrogens (tertiary/aromatic N) is 2. The summed E-state index contributed by atoms with van der Waals surface area (Å²) < 4.78 is 0. The van der Waals surface area contributed by atoms with Gasteiger partial charge in [0, 0.05) is 24.8 Å². The van der Waals surface area contributed by atoms with E-state index in [4.69, 9.17) is 4.84 Å². The van der Waals surface area contributed by atoms with Crippen molar-refractivity contribution in [1.82, 2.24) is 10.0 Å². The van der Waals surface area contributed by atoms with Crippen molar-refractivity contribution in [3.63, 3.8) is 0 Å². The molecule has 2 amide bonds. The van der Waals surface area contributed by atoms with Crippen molar-refractivity contribution in [2.75, 3.05) is 0 Å². The number of benzene rings is 1. The molecule has 0 bridgehead atoms. The van der Waals surface area contributed by atoms with Crippen LogP contribution >= 0.6 is 21.6 Å². The zero-order valence-corrected chi connectivity index (χ0v) is 15.4. The summed E-state index contributed by atoms with van der Waals surface area (Å²) in [6, 6.07) is 13.3. The number of imide groups is 1. The number of hydrogen-bond donors (Lipinski definition) is 0. The first-order valence-corrected chi connectivity index (χ1v) is 10.3. The first-order chi connectivity index (χ1) is 12.6. The second kappa shape index (κ2) is 8.86. The molecule has 0 unspecified atom stereocenters. The molecule has 2 aromatic rings. The lowest BCUT2D eigenvalue weighted by atomic mass is 10.1. The third-order valence-corrected chi connectivity index (χ3v) is 5.83. The standard InChI is InChI=1S/C18H16N2O4S2/c21-16-8-9-17(22)20(16)24-18(23)11-13-5-1-2-6-14(13)12-25-26-15-7-3-4-10-19-15/h1-7,10H,8-9,11-12H2. The van der Waals surface area contributed by atoms with Crippen LogP contribution in [0.25, 0.3) is 0 Å². The van der Waals surface area contributed by atoms with Crippen molar-refractivity contribution in [3.8, 4) is 0 Å². The van der Waals surface area contributed by atoms with Gasteiger partial charge in [-0.25, -0.2) is 9.78 Å². The molecule has 134 valence electrons. The predicted octanol–water partition coefficient (Wildman–Crippen LogP) is 3.17. The zero-order valence-electron chi connectivity index (χ0n) is 13.8. The number of rotatable bonds is 7. The molecule has 8 heteroatoms. The molecule has 3 rings (SSSR count). The number of aromatic nitrogens is 1. The Bertz CT molecular complexity index is 798. The van der Waals surface area contributed by atoms with E-state index in [2.05, 4.69) is 4.98 Å². The van der Waals surface area contributed by atoms with Gasteiger partial charge in [-0.3, -0.25) is 9.59 Å². The highest BCUT2D eigenvalue weighted by Crippen LogP contribution is 2.33. The summed E-state index contributed by atoms with van der Waals surface area (Å²) in [6.07, 6.45) is 1.92. The minimum Gasteiger partial charge on any atom is -0.330 e. The average molecular weight is 388 g/mol. The summed E-state index contributed by atoms with van der Waals surface area (Å²) in [5, 5.41) is 1.50. The highest BCUT2D eigenvalue weighted by molar-refractivity contribution is 8.76. The topological polar surface area (TPSA) is 76.6 Å². The van der Waals surface area contributed by atoms with Crippen molar-refractivity contribution in [2.24, 2.45) is 0 Å². The van der Waals surface area contributed by atoms with Gasteiger partial charge in [-0.15, -0.1) is 5.06 Å². The molecule has 1 aliphatic heterocycles. The molecule has 2 heterocycles. The molecule has 26 heavy (non-hydrogen) atoms. The third-order valence-electron chi connectivity index (χ3n) is 3.65. The van der Waals surface area contributed by atoms with Gasteiger partial charge >= 0.3 is 5.97 Å². The Hall–Kier alpha value is -2.32. The van der Waals surface area contributed by atoms with Crippen molar-refractivity contribution in [2.45, 2.75) is 30.0 Å². The monoisotopic (exact) mass is 388 g/mol. The van der Waals surface area contributed by atoms with Crippen LogP contribution in [-0.4, -0.2) is 27.8 Å². The summed E-state index contributed by atoms with van der Waals surface area (Å²) in [7, 11) is 3.18. The first kappa shape index (κ1) is 18.5. The lowest BCUT2D eigenvalue weighted by molar-refractivity contribution is -0.197. The maximum absolute atomic E-state index is 12.1. The lowest BCUT2D eigenvalue weighted by Gasteiger charge is -2.13. The van der Waals surface area contributed by atoms with E-state index < -0.39 is 17.8 Å². The zero-order chi connectivity index (χ0) is 18.4. The lowest BCUT2D eigenvalue weighted by Crippen LogP contribution is -2.32. The minimum atomic E-state index is -0.622. The van der Waals surface area contributed by atoms with Crippen molar-refractivity contribution in [1.29, 1.82) is 0 Å². The summed E-state index contributed by atoms with van der Waals surface area (Å²) >= 11 is 0. The molecule has 0 atom stereocenters. The summed E-state index contributed by atoms with van der Waals surface area (Å²) in [6.45, 7) is 0. The van der Waals surface area contributed by atoms with Crippen LogP contribution in [0.2, 0.25) is 0 Å². The average Bonchev–Trinajstić information content (AvgIpc) is 2.96. The summed E-state index contributed by atoms with van der Waals surface area (Å²) in [4.78, 5) is 44.4. The van der Waals surface area contributed by atoms with E-state index in [1.54, 1.807) is 27.8 Å². The van der Waals surface area contributed by atoms with Gasteiger partial charge in [0.25, 0.3) is 11.8 Å². The summed E-state index contributed by atoms with van der Waals surface area (Å²) in [5.41, 5.74) is 1.81. The number of hydrogen-bond acceptors (Lipinski definition) is 7. The second-order valence-corrected chi connectivity index (χ2v) is 7.82. The Kier molecular flexibility index (Phi) is 6.30. The molecule has 1 fully saturated rings. The van der Waals surface area contributed by atoms with Crippen LogP contribution in [0.4, 0.5) is 0 Å². The Balaban J connectivity index is 1.57.